The monoisotopic (exact) mass is 412 g/mol. The number of benzene rings is 3. The Morgan fingerprint density at radius 1 is 0.613 bits per heavy atom. The van der Waals surface area contributed by atoms with Crippen molar-refractivity contribution in [3.05, 3.63) is 106 Å². The Labute approximate surface area is 184 Å². The Morgan fingerprint density at radius 2 is 1.23 bits per heavy atom. The molecule has 31 heavy (non-hydrogen) atoms. The number of aryl methyl sites for hydroxylation is 2. The third kappa shape index (κ3) is 6.56. The van der Waals surface area contributed by atoms with E-state index in [0.717, 1.165) is 37.7 Å². The van der Waals surface area contributed by atoms with Crippen molar-refractivity contribution in [1.82, 2.24) is 0 Å². The third-order valence-corrected chi connectivity index (χ3v) is 5.01. The normalized spacial score (nSPS) is 10.1. The standard InChI is InChI=1S/C29H26F2/c1-3-5-7-26-18-15-24(20-28(26)30)12-13-25-16-19-27(29(31)21-25)17-14-23-10-8-22(6-4-2)9-11-23/h8-11,15-16,18-21H,3-7H2,1-2H3. The maximum Gasteiger partial charge on any atom is 0.140 e. The molecule has 0 saturated heterocycles. The summed E-state index contributed by atoms with van der Waals surface area (Å²) in [6, 6.07) is 17.8. The lowest BCUT2D eigenvalue weighted by Crippen LogP contribution is -1.91. The minimum atomic E-state index is -0.414. The summed E-state index contributed by atoms with van der Waals surface area (Å²) in [7, 11) is 0. The lowest BCUT2D eigenvalue weighted by Gasteiger charge is -2.02. The van der Waals surface area contributed by atoms with E-state index in [1.807, 2.05) is 18.2 Å². The van der Waals surface area contributed by atoms with Gasteiger partial charge in [-0.3, -0.25) is 0 Å². The molecule has 2 heteroatoms. The van der Waals surface area contributed by atoms with Crippen LogP contribution in [0.1, 0.15) is 66.5 Å². The van der Waals surface area contributed by atoms with Crippen molar-refractivity contribution in [3.63, 3.8) is 0 Å². The van der Waals surface area contributed by atoms with E-state index in [4.69, 9.17) is 0 Å². The van der Waals surface area contributed by atoms with Gasteiger partial charge in [0.15, 0.2) is 0 Å². The second-order valence-electron chi connectivity index (χ2n) is 7.55. The van der Waals surface area contributed by atoms with Gasteiger partial charge in [-0.2, -0.15) is 0 Å². The van der Waals surface area contributed by atoms with Crippen LogP contribution >= 0.6 is 0 Å². The second kappa shape index (κ2) is 11.1. The number of halogens is 2. The Balaban J connectivity index is 1.71. The van der Waals surface area contributed by atoms with Gasteiger partial charge in [0.05, 0.1) is 5.56 Å². The first-order chi connectivity index (χ1) is 15.1. The van der Waals surface area contributed by atoms with Crippen molar-refractivity contribution in [2.45, 2.75) is 46.0 Å². The smallest absolute Gasteiger partial charge is 0.140 e. The molecule has 0 fully saturated rings. The highest BCUT2D eigenvalue weighted by Gasteiger charge is 2.03. The molecule has 3 aromatic carbocycles. The highest BCUT2D eigenvalue weighted by Crippen LogP contribution is 2.14. The van der Waals surface area contributed by atoms with Crippen LogP contribution in [0.2, 0.25) is 0 Å². The molecule has 0 N–H and O–H groups in total. The first kappa shape index (κ1) is 22.3. The van der Waals surface area contributed by atoms with Gasteiger partial charge in [-0.25, -0.2) is 8.78 Å². The van der Waals surface area contributed by atoms with Gasteiger partial charge < -0.3 is 0 Å². The molecule has 0 saturated carbocycles. The molecular weight excluding hydrogens is 386 g/mol. The van der Waals surface area contributed by atoms with Crippen molar-refractivity contribution in [2.75, 3.05) is 0 Å². The van der Waals surface area contributed by atoms with E-state index >= 15 is 0 Å². The molecule has 0 aromatic heterocycles. The Morgan fingerprint density at radius 3 is 1.84 bits per heavy atom. The zero-order valence-electron chi connectivity index (χ0n) is 18.1. The predicted molar refractivity (Wildman–Crippen MR) is 124 cm³/mol. The highest BCUT2D eigenvalue weighted by atomic mass is 19.1. The molecule has 0 nitrogen and oxygen atoms in total. The molecule has 3 aromatic rings. The van der Waals surface area contributed by atoms with E-state index in [9.17, 15) is 8.78 Å². The minimum Gasteiger partial charge on any atom is -0.207 e. The van der Waals surface area contributed by atoms with Crippen molar-refractivity contribution < 1.29 is 8.78 Å². The van der Waals surface area contributed by atoms with Gasteiger partial charge >= 0.3 is 0 Å². The van der Waals surface area contributed by atoms with Crippen LogP contribution in [-0.2, 0) is 12.8 Å². The first-order valence-electron chi connectivity index (χ1n) is 10.8. The Hall–Kier alpha value is -3.36. The van der Waals surface area contributed by atoms with Crippen molar-refractivity contribution in [3.8, 4) is 23.7 Å². The highest BCUT2D eigenvalue weighted by molar-refractivity contribution is 5.49. The molecule has 0 bridgehead atoms. The molecule has 3 rings (SSSR count). The fraction of sp³-hybridized carbons (Fsp3) is 0.241. The SMILES string of the molecule is CCCCc1ccc(C#Cc2ccc(C#Cc3ccc(CCC)cc3)c(F)c2)cc1F. The maximum absolute atomic E-state index is 14.4. The Bertz CT molecular complexity index is 1150. The molecular formula is C29H26F2. The van der Waals surface area contributed by atoms with Gasteiger partial charge in [0.1, 0.15) is 11.6 Å². The number of hydrogen-bond acceptors (Lipinski definition) is 0. The molecule has 0 unspecified atom stereocenters. The summed E-state index contributed by atoms with van der Waals surface area (Å²) in [5, 5.41) is 0. The molecule has 0 spiro atoms. The molecule has 0 aliphatic carbocycles. The summed E-state index contributed by atoms with van der Waals surface area (Å²) in [5.74, 6) is 11.1. The topological polar surface area (TPSA) is 0 Å². The van der Waals surface area contributed by atoms with E-state index in [0.29, 0.717) is 22.3 Å². The maximum atomic E-state index is 14.4. The second-order valence-corrected chi connectivity index (χ2v) is 7.55. The molecule has 0 aliphatic rings. The van der Waals surface area contributed by atoms with E-state index in [2.05, 4.69) is 49.7 Å². The zero-order valence-corrected chi connectivity index (χ0v) is 18.1. The summed E-state index contributed by atoms with van der Waals surface area (Å²) in [6.07, 6.45) is 4.86. The molecule has 0 amide bonds. The van der Waals surface area contributed by atoms with Crippen LogP contribution in [0.5, 0.6) is 0 Å². The van der Waals surface area contributed by atoms with Crippen LogP contribution in [0.4, 0.5) is 8.78 Å². The average molecular weight is 413 g/mol. The predicted octanol–water partition coefficient (Wildman–Crippen LogP) is 7.06. The summed E-state index contributed by atoms with van der Waals surface area (Å²) in [4.78, 5) is 0. The van der Waals surface area contributed by atoms with E-state index < -0.39 is 5.82 Å². The van der Waals surface area contributed by atoms with E-state index in [-0.39, 0.29) is 5.82 Å². The van der Waals surface area contributed by atoms with Crippen molar-refractivity contribution >= 4 is 0 Å². The fourth-order valence-electron chi connectivity index (χ4n) is 3.22. The van der Waals surface area contributed by atoms with Gasteiger partial charge in [0.25, 0.3) is 0 Å². The van der Waals surface area contributed by atoms with Crippen LogP contribution in [0, 0.1) is 35.3 Å². The molecule has 156 valence electrons. The summed E-state index contributed by atoms with van der Waals surface area (Å²) in [5.41, 5.74) is 4.28. The van der Waals surface area contributed by atoms with E-state index in [1.54, 1.807) is 18.2 Å². The molecule has 0 atom stereocenters. The van der Waals surface area contributed by atoms with Gasteiger partial charge in [0, 0.05) is 16.7 Å². The quantitative estimate of drug-likeness (QED) is 0.394. The van der Waals surface area contributed by atoms with Crippen LogP contribution < -0.4 is 0 Å². The van der Waals surface area contributed by atoms with Crippen LogP contribution in [0.15, 0.2) is 60.7 Å². The molecule has 0 radical (unpaired) electrons. The number of unbranched alkanes of at least 4 members (excludes halogenated alkanes) is 1. The fourth-order valence-corrected chi connectivity index (χ4v) is 3.22. The lowest BCUT2D eigenvalue weighted by molar-refractivity contribution is 0.603. The van der Waals surface area contributed by atoms with Crippen LogP contribution in [0.3, 0.4) is 0 Å². The number of rotatable bonds is 5. The molecule has 0 aliphatic heterocycles. The summed E-state index contributed by atoms with van der Waals surface area (Å²) >= 11 is 0. The number of hydrogen-bond donors (Lipinski definition) is 0. The van der Waals surface area contributed by atoms with Crippen LogP contribution in [-0.4, -0.2) is 0 Å². The van der Waals surface area contributed by atoms with Gasteiger partial charge in [-0.15, -0.1) is 0 Å². The van der Waals surface area contributed by atoms with Crippen LogP contribution in [0.25, 0.3) is 0 Å². The summed E-state index contributed by atoms with van der Waals surface area (Å²) in [6.45, 7) is 4.23. The lowest BCUT2D eigenvalue weighted by atomic mass is 10.1. The zero-order chi connectivity index (χ0) is 22.1. The van der Waals surface area contributed by atoms with Gasteiger partial charge in [-0.1, -0.05) is 68.6 Å². The van der Waals surface area contributed by atoms with Crippen molar-refractivity contribution in [2.24, 2.45) is 0 Å². The molecule has 0 heterocycles. The minimum absolute atomic E-state index is 0.236. The average Bonchev–Trinajstić information content (AvgIpc) is 2.77. The van der Waals surface area contributed by atoms with Crippen molar-refractivity contribution in [1.29, 1.82) is 0 Å². The van der Waals surface area contributed by atoms with Gasteiger partial charge in [0.2, 0.25) is 0 Å². The first-order valence-corrected chi connectivity index (χ1v) is 10.8. The summed E-state index contributed by atoms with van der Waals surface area (Å²) < 4.78 is 28.6. The third-order valence-electron chi connectivity index (χ3n) is 5.01. The Kier molecular flexibility index (Phi) is 8.03. The van der Waals surface area contributed by atoms with Gasteiger partial charge in [-0.05, 0) is 72.9 Å². The largest absolute Gasteiger partial charge is 0.207 e. The van der Waals surface area contributed by atoms with E-state index in [1.165, 1.54) is 17.7 Å².